The Bertz CT molecular complexity index is 453. The standard InChI is InChI=1S/C12H18N3O.C4H9.Sn/c1-3-15(4-2)9-8-14-12(16)11-6-5-7-13-10-11;1-4(2)3;/h6-7,10H,3-4,8-9H2,1-2H3,(H,14,16);1-3H3;. The summed E-state index contributed by atoms with van der Waals surface area (Å²) in [5.74, 6) is -0.00945. The Kier molecular flexibility index (Phi) is 7.66. The van der Waals surface area contributed by atoms with Gasteiger partial charge in [-0.25, -0.2) is 0 Å². The van der Waals surface area contributed by atoms with Crippen LogP contribution in [0.25, 0.3) is 0 Å². The number of amides is 1. The van der Waals surface area contributed by atoms with Crippen LogP contribution in [0.3, 0.4) is 0 Å². The van der Waals surface area contributed by atoms with Crippen molar-refractivity contribution in [3.63, 3.8) is 0 Å². The van der Waals surface area contributed by atoms with Crippen LogP contribution < -0.4 is 8.90 Å². The Morgan fingerprint density at radius 1 is 1.29 bits per heavy atom. The molecule has 0 aliphatic carbocycles. The summed E-state index contributed by atoms with van der Waals surface area (Å²) in [6, 6.07) is 2.02. The summed E-state index contributed by atoms with van der Waals surface area (Å²) in [6.07, 6.45) is 3.59. The predicted octanol–water partition coefficient (Wildman–Crippen LogP) is 1.70. The van der Waals surface area contributed by atoms with E-state index in [0.29, 0.717) is 15.5 Å². The van der Waals surface area contributed by atoms with Gasteiger partial charge in [0.05, 0.1) is 0 Å². The third kappa shape index (κ3) is 7.27. The van der Waals surface area contributed by atoms with E-state index in [-0.39, 0.29) is 5.91 Å². The van der Waals surface area contributed by atoms with Crippen molar-refractivity contribution in [1.29, 1.82) is 0 Å². The Morgan fingerprint density at radius 3 is 2.52 bits per heavy atom. The van der Waals surface area contributed by atoms with E-state index < -0.39 is 21.1 Å². The van der Waals surface area contributed by atoms with Crippen molar-refractivity contribution in [3.8, 4) is 0 Å². The minimum absolute atomic E-state index is 0.00945. The van der Waals surface area contributed by atoms with Gasteiger partial charge in [0.25, 0.3) is 0 Å². The van der Waals surface area contributed by atoms with E-state index in [9.17, 15) is 4.79 Å². The molecule has 0 aliphatic rings. The van der Waals surface area contributed by atoms with Crippen LogP contribution in [0.1, 0.15) is 45.0 Å². The zero-order valence-electron chi connectivity index (χ0n) is 13.9. The van der Waals surface area contributed by atoms with Crippen LogP contribution in [0.4, 0.5) is 0 Å². The third-order valence-corrected chi connectivity index (χ3v) is 6.87. The van der Waals surface area contributed by atoms with E-state index >= 15 is 0 Å². The molecular formula is C16H27N3OSn. The molecule has 4 nitrogen and oxygen atoms in total. The van der Waals surface area contributed by atoms with Crippen LogP contribution in [-0.2, 0) is 0 Å². The SMILES string of the molecule is CCN(CC)CCNC(=O)c1cnc[c]([Sn][C](C)(C)C)c1. The zero-order chi connectivity index (χ0) is 15.9. The number of hydrogen-bond acceptors (Lipinski definition) is 3. The van der Waals surface area contributed by atoms with Gasteiger partial charge in [-0.2, -0.15) is 0 Å². The summed E-state index contributed by atoms with van der Waals surface area (Å²) >= 11 is -0.715. The Morgan fingerprint density at radius 2 is 1.95 bits per heavy atom. The normalized spacial score (nSPS) is 11.7. The van der Waals surface area contributed by atoms with E-state index in [1.165, 1.54) is 3.58 Å². The van der Waals surface area contributed by atoms with Crippen molar-refractivity contribution >= 4 is 30.6 Å². The molecule has 0 atom stereocenters. The minimum atomic E-state index is -0.715. The topological polar surface area (TPSA) is 45.2 Å². The van der Waals surface area contributed by atoms with Gasteiger partial charge in [-0.1, -0.05) is 0 Å². The van der Waals surface area contributed by atoms with Crippen LogP contribution in [0.15, 0.2) is 18.5 Å². The van der Waals surface area contributed by atoms with Crippen molar-refractivity contribution in [3.05, 3.63) is 24.0 Å². The molecule has 21 heavy (non-hydrogen) atoms. The first-order chi connectivity index (χ1) is 9.85. The summed E-state index contributed by atoms with van der Waals surface area (Å²) in [7, 11) is 0. The number of pyridine rings is 1. The summed E-state index contributed by atoms with van der Waals surface area (Å²) in [5, 5.41) is 2.99. The fourth-order valence-electron chi connectivity index (χ4n) is 2.03. The quantitative estimate of drug-likeness (QED) is 0.714. The molecule has 0 saturated heterocycles. The summed E-state index contributed by atoms with van der Waals surface area (Å²) < 4.78 is 1.64. The fraction of sp³-hybridized carbons (Fsp3) is 0.625. The molecule has 116 valence electrons. The molecule has 5 heteroatoms. The van der Waals surface area contributed by atoms with Gasteiger partial charge >= 0.3 is 139 Å². The molecular weight excluding hydrogens is 369 g/mol. The van der Waals surface area contributed by atoms with Gasteiger partial charge in [0.1, 0.15) is 0 Å². The number of likely N-dealkylation sites (N-methyl/N-ethyl adjacent to an activating group) is 1. The maximum atomic E-state index is 12.2. The molecule has 0 saturated carbocycles. The van der Waals surface area contributed by atoms with Gasteiger partial charge in [-0.15, -0.1) is 0 Å². The zero-order valence-corrected chi connectivity index (χ0v) is 16.7. The van der Waals surface area contributed by atoms with Crippen LogP contribution >= 0.6 is 0 Å². The van der Waals surface area contributed by atoms with Crippen molar-refractivity contribution in [1.82, 2.24) is 15.2 Å². The van der Waals surface area contributed by atoms with Gasteiger partial charge in [-0.05, 0) is 0 Å². The molecule has 0 unspecified atom stereocenters. The van der Waals surface area contributed by atoms with Crippen LogP contribution in [-0.4, -0.2) is 63.1 Å². The molecule has 1 heterocycles. The first kappa shape index (κ1) is 18.4. The number of aromatic nitrogens is 1. The van der Waals surface area contributed by atoms with Gasteiger partial charge in [0.15, 0.2) is 0 Å². The molecule has 1 aromatic rings. The van der Waals surface area contributed by atoms with Gasteiger partial charge < -0.3 is 0 Å². The molecule has 1 N–H and O–H groups in total. The van der Waals surface area contributed by atoms with E-state index in [4.69, 9.17) is 0 Å². The molecule has 1 amide bonds. The Hall–Kier alpha value is -0.621. The van der Waals surface area contributed by atoms with Gasteiger partial charge in [0, 0.05) is 0 Å². The number of carbonyl (C=O) groups excluding carboxylic acids is 1. The molecule has 0 aromatic carbocycles. The number of rotatable bonds is 7. The maximum absolute atomic E-state index is 12.2. The third-order valence-electron chi connectivity index (χ3n) is 3.13. The van der Waals surface area contributed by atoms with E-state index in [2.05, 4.69) is 49.8 Å². The van der Waals surface area contributed by atoms with Gasteiger partial charge in [0.2, 0.25) is 0 Å². The van der Waals surface area contributed by atoms with E-state index in [0.717, 1.165) is 19.6 Å². The van der Waals surface area contributed by atoms with E-state index in [1.54, 1.807) is 6.20 Å². The molecule has 2 radical (unpaired) electrons. The summed E-state index contributed by atoms with van der Waals surface area (Å²) in [5.41, 5.74) is 0.692. The molecule has 0 aliphatic heterocycles. The van der Waals surface area contributed by atoms with Crippen molar-refractivity contribution in [2.75, 3.05) is 26.2 Å². The molecule has 0 spiro atoms. The van der Waals surface area contributed by atoms with E-state index in [1.807, 2.05) is 12.3 Å². The number of nitrogens with one attached hydrogen (secondary N) is 1. The Balaban J connectivity index is 2.56. The first-order valence-electron chi connectivity index (χ1n) is 7.59. The Labute approximate surface area is 138 Å². The molecule has 0 fully saturated rings. The number of carbonyl (C=O) groups is 1. The van der Waals surface area contributed by atoms with Crippen LogP contribution in [0.2, 0.25) is 3.43 Å². The first-order valence-corrected chi connectivity index (χ1v) is 10.4. The number of hydrogen-bond donors (Lipinski definition) is 1. The molecule has 0 bridgehead atoms. The summed E-state index contributed by atoms with van der Waals surface area (Å²) in [4.78, 5) is 18.7. The monoisotopic (exact) mass is 397 g/mol. The fourth-order valence-corrected chi connectivity index (χ4v) is 5.55. The average Bonchev–Trinajstić information content (AvgIpc) is 2.42. The number of nitrogens with zero attached hydrogens (tertiary/aromatic N) is 2. The van der Waals surface area contributed by atoms with Crippen molar-refractivity contribution in [2.45, 2.75) is 38.0 Å². The molecule has 1 aromatic heterocycles. The average molecular weight is 396 g/mol. The summed E-state index contributed by atoms with van der Waals surface area (Å²) in [6.45, 7) is 14.7. The second-order valence-electron chi connectivity index (χ2n) is 6.12. The van der Waals surface area contributed by atoms with Crippen molar-refractivity contribution < 1.29 is 4.79 Å². The van der Waals surface area contributed by atoms with Crippen LogP contribution in [0.5, 0.6) is 0 Å². The van der Waals surface area contributed by atoms with Crippen molar-refractivity contribution in [2.24, 2.45) is 0 Å². The second kappa shape index (κ2) is 8.73. The predicted molar refractivity (Wildman–Crippen MR) is 89.5 cm³/mol. The second-order valence-corrected chi connectivity index (χ2v) is 12.8. The molecule has 1 rings (SSSR count). The van der Waals surface area contributed by atoms with Crippen LogP contribution in [0, 0.1) is 0 Å². The van der Waals surface area contributed by atoms with Gasteiger partial charge in [-0.3, -0.25) is 0 Å².